The van der Waals surface area contributed by atoms with Crippen molar-refractivity contribution in [2.45, 2.75) is 51.7 Å². The average Bonchev–Trinajstić information content (AvgIpc) is 2.40. The van der Waals surface area contributed by atoms with Crippen molar-refractivity contribution in [2.24, 2.45) is 29.4 Å². The number of hydrogen-bond acceptors (Lipinski definition) is 5. The lowest BCUT2D eigenvalue weighted by Crippen LogP contribution is -2.44. The second kappa shape index (κ2) is 7.69. The third-order valence-electron chi connectivity index (χ3n) is 4.50. The zero-order chi connectivity index (χ0) is 17.0. The maximum absolute atomic E-state index is 12.2. The van der Waals surface area contributed by atoms with E-state index in [9.17, 15) is 19.5 Å². The quantitative estimate of drug-likeness (QED) is 0.536. The maximum Gasteiger partial charge on any atom is 0.320 e. The highest BCUT2D eigenvalue weighted by atomic mass is 16.4. The van der Waals surface area contributed by atoms with Gasteiger partial charge < -0.3 is 21.1 Å². The summed E-state index contributed by atoms with van der Waals surface area (Å²) in [5.41, 5.74) is 5.52. The van der Waals surface area contributed by atoms with Gasteiger partial charge >= 0.3 is 11.9 Å². The molecular formula is C15H25NO6. The largest absolute Gasteiger partial charge is 0.481 e. The van der Waals surface area contributed by atoms with Gasteiger partial charge in [0.05, 0.1) is 12.5 Å². The molecule has 1 saturated carbocycles. The lowest BCUT2D eigenvalue weighted by Gasteiger charge is -2.34. The summed E-state index contributed by atoms with van der Waals surface area (Å²) in [5.74, 6) is -3.86. The standard InChI is InChI=1S/C15H25NO6/c1-7-3-8(2)14(20)10(4-7)11(17)5-9(6-12(18)19)13(16)15(21)22/h7-11,13,17H,3-6,16H2,1-2H3,(H,18,19)(H,21,22)/t7?,8?,9?,10?,11?,13-/m0/s1. The molecule has 0 amide bonds. The van der Waals surface area contributed by atoms with Crippen LogP contribution < -0.4 is 5.73 Å². The molecular weight excluding hydrogens is 290 g/mol. The smallest absolute Gasteiger partial charge is 0.320 e. The number of nitrogens with two attached hydrogens (primary N) is 1. The first-order valence-electron chi connectivity index (χ1n) is 7.55. The van der Waals surface area contributed by atoms with Gasteiger partial charge in [-0.15, -0.1) is 0 Å². The average molecular weight is 315 g/mol. The monoisotopic (exact) mass is 315 g/mol. The SMILES string of the molecule is CC1CC(C)C(=O)C(C(O)CC(CC(=O)O)[C@H](N)C(=O)O)C1. The molecule has 0 heterocycles. The van der Waals surface area contributed by atoms with Crippen LogP contribution >= 0.6 is 0 Å². The Morgan fingerprint density at radius 3 is 2.36 bits per heavy atom. The number of carbonyl (C=O) groups is 3. The Morgan fingerprint density at radius 1 is 1.27 bits per heavy atom. The molecule has 7 heteroatoms. The number of ketones is 1. The molecule has 1 aliphatic rings. The lowest BCUT2D eigenvalue weighted by molar-refractivity contribution is -0.142. The van der Waals surface area contributed by atoms with E-state index in [1.165, 1.54) is 0 Å². The minimum atomic E-state index is -1.38. The summed E-state index contributed by atoms with van der Waals surface area (Å²) < 4.78 is 0. The molecule has 0 aromatic heterocycles. The molecule has 1 fully saturated rings. The van der Waals surface area contributed by atoms with Crippen molar-refractivity contribution in [1.82, 2.24) is 0 Å². The van der Waals surface area contributed by atoms with Gasteiger partial charge in [-0.05, 0) is 31.1 Å². The van der Waals surface area contributed by atoms with Crippen molar-refractivity contribution < 1.29 is 29.7 Å². The Balaban J connectivity index is 2.80. The van der Waals surface area contributed by atoms with Crippen LogP contribution in [0.15, 0.2) is 0 Å². The maximum atomic E-state index is 12.2. The Kier molecular flexibility index (Phi) is 6.49. The van der Waals surface area contributed by atoms with Crippen LogP contribution in [0.1, 0.15) is 39.5 Å². The molecule has 0 bridgehead atoms. The van der Waals surface area contributed by atoms with Gasteiger partial charge in [0, 0.05) is 11.8 Å². The van der Waals surface area contributed by atoms with Gasteiger partial charge in [-0.1, -0.05) is 13.8 Å². The molecule has 0 radical (unpaired) electrons. The van der Waals surface area contributed by atoms with Gasteiger partial charge in [-0.3, -0.25) is 14.4 Å². The number of rotatable bonds is 7. The summed E-state index contributed by atoms with van der Waals surface area (Å²) >= 11 is 0. The number of carbonyl (C=O) groups excluding carboxylic acids is 1. The Labute approximate surface area is 129 Å². The summed E-state index contributed by atoms with van der Waals surface area (Å²) in [7, 11) is 0. The summed E-state index contributed by atoms with van der Waals surface area (Å²) in [4.78, 5) is 34.0. The molecule has 0 spiro atoms. The fourth-order valence-electron chi connectivity index (χ4n) is 3.34. The highest BCUT2D eigenvalue weighted by Gasteiger charge is 2.39. The number of aliphatic carboxylic acids is 2. The van der Waals surface area contributed by atoms with E-state index in [1.807, 2.05) is 13.8 Å². The van der Waals surface area contributed by atoms with E-state index >= 15 is 0 Å². The van der Waals surface area contributed by atoms with E-state index in [0.29, 0.717) is 12.3 Å². The first-order chi connectivity index (χ1) is 10.1. The van der Waals surface area contributed by atoms with Crippen LogP contribution in [0, 0.1) is 23.7 Å². The normalized spacial score (nSPS) is 29.6. The van der Waals surface area contributed by atoms with Gasteiger partial charge in [0.25, 0.3) is 0 Å². The van der Waals surface area contributed by atoms with Crippen LogP contribution in [0.4, 0.5) is 0 Å². The van der Waals surface area contributed by atoms with Crippen LogP contribution in [0.25, 0.3) is 0 Å². The molecule has 0 aromatic carbocycles. The van der Waals surface area contributed by atoms with Gasteiger partial charge in [-0.2, -0.15) is 0 Å². The predicted octanol–water partition coefficient (Wildman–Crippen LogP) is 0.492. The summed E-state index contributed by atoms with van der Waals surface area (Å²) in [5, 5.41) is 28.2. The molecule has 1 aliphatic carbocycles. The van der Waals surface area contributed by atoms with Crippen molar-refractivity contribution in [1.29, 1.82) is 0 Å². The molecule has 5 unspecified atom stereocenters. The van der Waals surface area contributed by atoms with Crippen LogP contribution in [0.2, 0.25) is 0 Å². The van der Waals surface area contributed by atoms with Crippen LogP contribution in [-0.2, 0) is 14.4 Å². The van der Waals surface area contributed by atoms with Crippen molar-refractivity contribution in [3.8, 4) is 0 Å². The summed E-state index contributed by atoms with van der Waals surface area (Å²) in [6, 6.07) is -1.38. The number of Topliss-reactive ketones (excluding diaryl/α,β-unsaturated/α-hetero) is 1. The van der Waals surface area contributed by atoms with Gasteiger partial charge in [0.2, 0.25) is 0 Å². The minimum absolute atomic E-state index is 0.0384. The third-order valence-corrected chi connectivity index (χ3v) is 4.50. The minimum Gasteiger partial charge on any atom is -0.481 e. The fourth-order valence-corrected chi connectivity index (χ4v) is 3.34. The summed E-state index contributed by atoms with van der Waals surface area (Å²) in [6.07, 6.45) is -0.305. The number of aliphatic hydroxyl groups is 1. The first kappa shape index (κ1) is 18.6. The zero-order valence-electron chi connectivity index (χ0n) is 12.9. The fraction of sp³-hybridized carbons (Fsp3) is 0.800. The Morgan fingerprint density at radius 2 is 1.86 bits per heavy atom. The Bertz CT molecular complexity index is 438. The third kappa shape index (κ3) is 4.78. The Hall–Kier alpha value is -1.47. The van der Waals surface area contributed by atoms with Gasteiger partial charge in [0.15, 0.2) is 0 Å². The number of carboxylic acid groups (broad SMARTS) is 2. The van der Waals surface area contributed by atoms with E-state index < -0.39 is 42.3 Å². The molecule has 0 aromatic rings. The van der Waals surface area contributed by atoms with Crippen LogP contribution in [0.5, 0.6) is 0 Å². The zero-order valence-corrected chi connectivity index (χ0v) is 12.9. The van der Waals surface area contributed by atoms with Crippen molar-refractivity contribution in [2.75, 3.05) is 0 Å². The predicted molar refractivity (Wildman–Crippen MR) is 78.0 cm³/mol. The van der Waals surface area contributed by atoms with Crippen LogP contribution in [-0.4, -0.2) is 45.2 Å². The number of aliphatic hydroxyl groups excluding tert-OH is 1. The molecule has 6 atom stereocenters. The molecule has 5 N–H and O–H groups in total. The lowest BCUT2D eigenvalue weighted by atomic mass is 9.71. The molecule has 7 nitrogen and oxygen atoms in total. The molecule has 0 aliphatic heterocycles. The first-order valence-corrected chi connectivity index (χ1v) is 7.55. The number of carboxylic acids is 2. The van der Waals surface area contributed by atoms with E-state index in [4.69, 9.17) is 15.9 Å². The van der Waals surface area contributed by atoms with E-state index in [-0.39, 0.29) is 18.1 Å². The summed E-state index contributed by atoms with van der Waals surface area (Å²) in [6.45, 7) is 3.82. The second-order valence-corrected chi connectivity index (χ2v) is 6.51. The molecule has 1 rings (SSSR count). The van der Waals surface area contributed by atoms with Crippen molar-refractivity contribution in [3.63, 3.8) is 0 Å². The van der Waals surface area contributed by atoms with Crippen molar-refractivity contribution in [3.05, 3.63) is 0 Å². The van der Waals surface area contributed by atoms with Crippen molar-refractivity contribution >= 4 is 17.7 Å². The van der Waals surface area contributed by atoms with Crippen LogP contribution in [0.3, 0.4) is 0 Å². The molecule has 0 saturated heterocycles. The molecule has 126 valence electrons. The van der Waals surface area contributed by atoms with Gasteiger partial charge in [-0.25, -0.2) is 0 Å². The second-order valence-electron chi connectivity index (χ2n) is 6.51. The highest BCUT2D eigenvalue weighted by Crippen LogP contribution is 2.34. The highest BCUT2D eigenvalue weighted by molar-refractivity contribution is 5.84. The number of hydrogen-bond donors (Lipinski definition) is 4. The van der Waals surface area contributed by atoms with E-state index in [1.54, 1.807) is 0 Å². The molecule has 22 heavy (non-hydrogen) atoms. The topological polar surface area (TPSA) is 138 Å². The van der Waals surface area contributed by atoms with E-state index in [0.717, 1.165) is 6.42 Å². The van der Waals surface area contributed by atoms with E-state index in [2.05, 4.69) is 0 Å². The van der Waals surface area contributed by atoms with Gasteiger partial charge in [0.1, 0.15) is 11.8 Å².